The van der Waals surface area contributed by atoms with E-state index in [4.69, 9.17) is 26.1 Å². The first-order valence-electron chi connectivity index (χ1n) is 13.0. The molecule has 3 aromatic rings. The fourth-order valence-electron chi connectivity index (χ4n) is 6.68. The monoisotopic (exact) mass is 494 g/mol. The van der Waals surface area contributed by atoms with E-state index in [1.807, 2.05) is 22.7 Å². The van der Waals surface area contributed by atoms with Gasteiger partial charge in [0, 0.05) is 60.4 Å². The van der Waals surface area contributed by atoms with Gasteiger partial charge in [-0.05, 0) is 56.6 Å². The van der Waals surface area contributed by atoms with Gasteiger partial charge in [-0.1, -0.05) is 24.4 Å². The minimum atomic E-state index is 0.532. The van der Waals surface area contributed by atoms with Crippen molar-refractivity contribution in [2.24, 2.45) is 5.92 Å². The van der Waals surface area contributed by atoms with E-state index in [1.165, 1.54) is 57.9 Å². The number of imidazole rings is 1. The Balaban J connectivity index is 1.18. The van der Waals surface area contributed by atoms with Crippen LogP contribution < -0.4 is 14.8 Å². The van der Waals surface area contributed by atoms with E-state index in [0.29, 0.717) is 22.6 Å². The number of benzene rings is 1. The van der Waals surface area contributed by atoms with Crippen molar-refractivity contribution in [3.8, 4) is 22.8 Å². The predicted molar refractivity (Wildman–Crippen MR) is 141 cm³/mol. The van der Waals surface area contributed by atoms with E-state index < -0.39 is 0 Å². The van der Waals surface area contributed by atoms with Gasteiger partial charge in [-0.25, -0.2) is 4.98 Å². The molecule has 7 heteroatoms. The number of halogens is 1. The van der Waals surface area contributed by atoms with Crippen LogP contribution in [0.5, 0.6) is 11.5 Å². The molecule has 1 aromatic carbocycles. The lowest BCUT2D eigenvalue weighted by Gasteiger charge is -2.40. The van der Waals surface area contributed by atoms with E-state index >= 15 is 0 Å². The van der Waals surface area contributed by atoms with Crippen LogP contribution in [0.1, 0.15) is 51.4 Å². The van der Waals surface area contributed by atoms with Gasteiger partial charge in [0.1, 0.15) is 17.1 Å². The Morgan fingerprint density at radius 3 is 2.46 bits per heavy atom. The molecule has 0 spiro atoms. The Kier molecular flexibility index (Phi) is 6.27. The van der Waals surface area contributed by atoms with Gasteiger partial charge in [0.15, 0.2) is 0 Å². The van der Waals surface area contributed by atoms with Crippen molar-refractivity contribution in [3.05, 3.63) is 41.7 Å². The molecule has 3 atom stereocenters. The van der Waals surface area contributed by atoms with Gasteiger partial charge in [-0.3, -0.25) is 4.90 Å². The summed E-state index contributed by atoms with van der Waals surface area (Å²) in [5.74, 6) is 2.22. The molecule has 2 saturated heterocycles. The summed E-state index contributed by atoms with van der Waals surface area (Å²) in [6.07, 6.45) is 15.1. The van der Waals surface area contributed by atoms with E-state index in [0.717, 1.165) is 40.6 Å². The highest BCUT2D eigenvalue weighted by Gasteiger charge is 2.41. The third-order valence-electron chi connectivity index (χ3n) is 8.41. The van der Waals surface area contributed by atoms with Crippen molar-refractivity contribution in [3.63, 3.8) is 0 Å². The molecule has 1 N–H and O–H groups in total. The summed E-state index contributed by atoms with van der Waals surface area (Å²) in [5, 5.41) is 4.38. The SMILES string of the molecule is COc1cc(OC)c(-c2cn3ccc(NC4C[C@H]5CC[C@@H](C4)N5CC4CCCC4)cc3n2)cc1Cl. The Labute approximate surface area is 212 Å². The molecule has 3 aliphatic rings. The van der Waals surface area contributed by atoms with Crippen LogP contribution in [0.25, 0.3) is 16.9 Å². The van der Waals surface area contributed by atoms with Crippen LogP contribution >= 0.6 is 11.6 Å². The maximum Gasteiger partial charge on any atom is 0.141 e. The molecule has 6 nitrogen and oxygen atoms in total. The molecule has 1 unspecified atom stereocenters. The number of rotatable bonds is 7. The predicted octanol–water partition coefficient (Wildman–Crippen LogP) is 6.27. The molecular weight excluding hydrogens is 460 g/mol. The highest BCUT2D eigenvalue weighted by Crippen LogP contribution is 2.40. The van der Waals surface area contributed by atoms with Gasteiger partial charge in [-0.2, -0.15) is 0 Å². The molecule has 3 fully saturated rings. The summed E-state index contributed by atoms with van der Waals surface area (Å²) >= 11 is 6.40. The summed E-state index contributed by atoms with van der Waals surface area (Å²) in [6, 6.07) is 10.0. The molecule has 6 rings (SSSR count). The van der Waals surface area contributed by atoms with E-state index in [-0.39, 0.29) is 0 Å². The zero-order valence-corrected chi connectivity index (χ0v) is 21.4. The fourth-order valence-corrected chi connectivity index (χ4v) is 6.92. The number of ether oxygens (including phenoxy) is 2. The van der Waals surface area contributed by atoms with Crippen LogP contribution in [-0.4, -0.2) is 53.2 Å². The number of hydrogen-bond donors (Lipinski definition) is 1. The summed E-state index contributed by atoms with van der Waals surface area (Å²) in [5.41, 5.74) is 3.72. The van der Waals surface area contributed by atoms with Crippen molar-refractivity contribution in [2.45, 2.75) is 69.5 Å². The Hall–Kier alpha value is -2.44. The largest absolute Gasteiger partial charge is 0.496 e. The third-order valence-corrected chi connectivity index (χ3v) is 8.70. The van der Waals surface area contributed by atoms with Gasteiger partial charge >= 0.3 is 0 Å². The third kappa shape index (κ3) is 4.47. The lowest BCUT2D eigenvalue weighted by Crippen LogP contribution is -2.48. The van der Waals surface area contributed by atoms with Crippen molar-refractivity contribution in [1.29, 1.82) is 0 Å². The first kappa shape index (κ1) is 23.0. The van der Waals surface area contributed by atoms with E-state index in [1.54, 1.807) is 14.2 Å². The Bertz CT molecular complexity index is 1190. The van der Waals surface area contributed by atoms with Crippen molar-refractivity contribution in [1.82, 2.24) is 14.3 Å². The first-order chi connectivity index (χ1) is 17.1. The molecule has 1 aliphatic carbocycles. The molecule has 4 heterocycles. The minimum Gasteiger partial charge on any atom is -0.496 e. The molecule has 2 bridgehead atoms. The van der Waals surface area contributed by atoms with Crippen molar-refractivity contribution >= 4 is 22.9 Å². The number of fused-ring (bicyclic) bond motifs is 3. The molecule has 1 saturated carbocycles. The van der Waals surface area contributed by atoms with E-state index in [9.17, 15) is 0 Å². The second kappa shape index (κ2) is 9.55. The molecule has 2 aromatic heterocycles. The number of aromatic nitrogens is 2. The van der Waals surface area contributed by atoms with Crippen molar-refractivity contribution < 1.29 is 9.47 Å². The van der Waals surface area contributed by atoms with Crippen molar-refractivity contribution in [2.75, 3.05) is 26.1 Å². The topological polar surface area (TPSA) is 51.0 Å². The first-order valence-corrected chi connectivity index (χ1v) is 13.4. The number of nitrogens with zero attached hydrogens (tertiary/aromatic N) is 3. The number of nitrogens with one attached hydrogen (secondary N) is 1. The Morgan fingerprint density at radius 1 is 1.00 bits per heavy atom. The van der Waals surface area contributed by atoms with E-state index in [2.05, 4.69) is 28.5 Å². The van der Waals surface area contributed by atoms with Crippen LogP contribution in [0.3, 0.4) is 0 Å². The average Bonchev–Trinajstić information content (AvgIpc) is 3.58. The smallest absolute Gasteiger partial charge is 0.141 e. The number of methoxy groups -OCH3 is 2. The molecule has 35 heavy (non-hydrogen) atoms. The number of pyridine rings is 1. The maximum absolute atomic E-state index is 6.40. The van der Waals surface area contributed by atoms with Crippen LogP contribution in [-0.2, 0) is 0 Å². The quantitative estimate of drug-likeness (QED) is 0.419. The summed E-state index contributed by atoms with van der Waals surface area (Å²) in [4.78, 5) is 7.76. The highest BCUT2D eigenvalue weighted by atomic mass is 35.5. The zero-order valence-electron chi connectivity index (χ0n) is 20.7. The van der Waals surface area contributed by atoms with Gasteiger partial charge in [0.25, 0.3) is 0 Å². The molecular formula is C28H35ClN4O2. The molecule has 0 radical (unpaired) electrons. The van der Waals surface area contributed by atoms with Crippen LogP contribution in [0.2, 0.25) is 5.02 Å². The normalized spacial score (nSPS) is 24.8. The van der Waals surface area contributed by atoms with Gasteiger partial charge in [-0.15, -0.1) is 0 Å². The van der Waals surface area contributed by atoms with Crippen LogP contribution in [0.4, 0.5) is 5.69 Å². The number of hydrogen-bond acceptors (Lipinski definition) is 5. The lowest BCUT2D eigenvalue weighted by atomic mass is 9.95. The molecule has 0 amide bonds. The van der Waals surface area contributed by atoms with Gasteiger partial charge < -0.3 is 19.2 Å². The number of anilines is 1. The average molecular weight is 495 g/mol. The van der Waals surface area contributed by atoms with Crippen LogP contribution in [0, 0.1) is 5.92 Å². The second-order valence-electron chi connectivity index (χ2n) is 10.5. The Morgan fingerprint density at radius 2 is 1.74 bits per heavy atom. The lowest BCUT2D eigenvalue weighted by molar-refractivity contribution is 0.112. The van der Waals surface area contributed by atoms with Gasteiger partial charge in [0.05, 0.1) is 24.9 Å². The summed E-state index contributed by atoms with van der Waals surface area (Å²) in [6.45, 7) is 1.34. The number of piperidine rings is 1. The summed E-state index contributed by atoms with van der Waals surface area (Å²) < 4.78 is 13.0. The summed E-state index contributed by atoms with van der Waals surface area (Å²) in [7, 11) is 3.25. The highest BCUT2D eigenvalue weighted by molar-refractivity contribution is 6.32. The standard InChI is InChI=1S/C28H35ClN4O2/c1-34-26-15-27(35-2)24(29)14-23(26)25-17-32-10-9-19(13-28(32)31-25)30-20-11-21-7-8-22(12-20)33(21)16-18-5-3-4-6-18/h9-10,13-15,17-18,20-22,30H,3-8,11-12,16H2,1-2H3/t20?,21-,22+. The second-order valence-corrected chi connectivity index (χ2v) is 10.9. The zero-order chi connectivity index (χ0) is 23.9. The van der Waals surface area contributed by atoms with Crippen LogP contribution in [0.15, 0.2) is 36.7 Å². The maximum atomic E-state index is 6.40. The minimum absolute atomic E-state index is 0.532. The van der Waals surface area contributed by atoms with Gasteiger partial charge in [0.2, 0.25) is 0 Å². The molecule has 2 aliphatic heterocycles. The fraction of sp³-hybridized carbons (Fsp3) is 0.536. The molecule has 186 valence electrons.